The van der Waals surface area contributed by atoms with E-state index in [2.05, 4.69) is 18.4 Å². The Hall–Kier alpha value is -2.29. The van der Waals surface area contributed by atoms with Gasteiger partial charge in [-0.1, -0.05) is 13.8 Å². The molecular formula is C16H21NO5. The van der Waals surface area contributed by atoms with Crippen LogP contribution >= 0.6 is 0 Å². The monoisotopic (exact) mass is 307 g/mol. The average Bonchev–Trinajstić information content (AvgIpc) is 2.95. The van der Waals surface area contributed by atoms with Gasteiger partial charge in [-0.05, 0) is 44.2 Å². The van der Waals surface area contributed by atoms with Crippen molar-refractivity contribution in [3.63, 3.8) is 0 Å². The third kappa shape index (κ3) is 4.62. The quantitative estimate of drug-likeness (QED) is 0.831. The van der Waals surface area contributed by atoms with Crippen LogP contribution in [-0.4, -0.2) is 22.7 Å². The van der Waals surface area contributed by atoms with Gasteiger partial charge in [-0.3, -0.25) is 4.79 Å². The first-order chi connectivity index (χ1) is 10.6. The van der Waals surface area contributed by atoms with E-state index in [4.69, 9.17) is 19.2 Å². The topological polar surface area (TPSA) is 90.3 Å². The zero-order chi connectivity index (χ0) is 17.0. The van der Waals surface area contributed by atoms with Crippen LogP contribution in [0.15, 0.2) is 24.5 Å². The van der Waals surface area contributed by atoms with E-state index in [-0.39, 0.29) is 23.8 Å². The lowest BCUT2D eigenvalue weighted by atomic mass is 9.69. The third-order valence-electron chi connectivity index (χ3n) is 4.09. The second kappa shape index (κ2) is 10.4. The van der Waals surface area contributed by atoms with Crippen molar-refractivity contribution in [2.45, 2.75) is 51.5 Å². The van der Waals surface area contributed by atoms with Gasteiger partial charge in [-0.15, -0.1) is 0 Å². The molecule has 1 aromatic heterocycles. The highest BCUT2D eigenvalue weighted by Crippen LogP contribution is 2.42. The summed E-state index contributed by atoms with van der Waals surface area (Å²) in [4.78, 5) is 45.1. The van der Waals surface area contributed by atoms with Gasteiger partial charge >= 0.3 is 12.3 Å². The molecule has 0 N–H and O–H groups in total. The van der Waals surface area contributed by atoms with Crippen molar-refractivity contribution in [1.29, 1.82) is 0 Å². The summed E-state index contributed by atoms with van der Waals surface area (Å²) in [7, 11) is 0. The Morgan fingerprint density at radius 3 is 1.73 bits per heavy atom. The molecule has 1 heterocycles. The van der Waals surface area contributed by atoms with Crippen LogP contribution in [0, 0.1) is 5.92 Å². The summed E-state index contributed by atoms with van der Waals surface area (Å²) in [6.07, 6.45) is 9.76. The number of carbonyl (C=O) groups excluding carboxylic acids is 5. The Bertz CT molecular complexity index is 489. The normalized spacial score (nSPS) is 14.1. The molecule has 6 heteroatoms. The molecule has 1 saturated carbocycles. The van der Waals surface area contributed by atoms with Gasteiger partial charge in [0.15, 0.2) is 5.78 Å². The van der Waals surface area contributed by atoms with E-state index in [1.165, 1.54) is 6.42 Å². The summed E-state index contributed by atoms with van der Waals surface area (Å²) in [5, 5.41) is 0. The first-order valence-electron chi connectivity index (χ1n) is 7.24. The fourth-order valence-corrected chi connectivity index (χ4v) is 2.80. The second-order valence-corrected chi connectivity index (χ2v) is 5.02. The van der Waals surface area contributed by atoms with Gasteiger partial charge in [0, 0.05) is 18.3 Å². The minimum Gasteiger partial charge on any atom is -0.341 e. The summed E-state index contributed by atoms with van der Waals surface area (Å²) in [6.45, 7) is 4.24. The lowest BCUT2D eigenvalue weighted by Crippen LogP contribution is -2.49. The first kappa shape index (κ1) is 19.7. The number of hydrogen-bond donors (Lipinski definition) is 0. The number of carbonyl (C=O) groups is 1. The fraction of sp³-hybridized carbons (Fsp3) is 0.562. The minimum absolute atomic E-state index is 0.194. The number of ketones is 1. The number of nitrogens with zero attached hydrogens (tertiary/aromatic N) is 1. The SMILES string of the molecule is CCC(CC)C(=O)C1(n2cccc2)CCC1.O=C=O.O=C=O. The zero-order valence-corrected chi connectivity index (χ0v) is 12.9. The Balaban J connectivity index is 0.000000639. The Morgan fingerprint density at radius 1 is 1.05 bits per heavy atom. The number of hydrogen-bond acceptors (Lipinski definition) is 5. The van der Waals surface area contributed by atoms with Crippen LogP contribution in [0.2, 0.25) is 0 Å². The lowest BCUT2D eigenvalue weighted by molar-refractivity contribution is -0.193. The van der Waals surface area contributed by atoms with Crippen molar-refractivity contribution >= 4 is 18.1 Å². The molecule has 1 aliphatic rings. The maximum absolute atomic E-state index is 12.6. The summed E-state index contributed by atoms with van der Waals surface area (Å²) in [5.41, 5.74) is -0.194. The summed E-state index contributed by atoms with van der Waals surface area (Å²) in [5.74, 6) is 0.697. The zero-order valence-electron chi connectivity index (χ0n) is 12.9. The molecule has 0 bridgehead atoms. The highest BCUT2D eigenvalue weighted by atomic mass is 16.2. The molecule has 22 heavy (non-hydrogen) atoms. The first-order valence-corrected chi connectivity index (χ1v) is 7.24. The molecule has 0 radical (unpaired) electrons. The highest BCUT2D eigenvalue weighted by molar-refractivity contribution is 5.89. The second-order valence-electron chi connectivity index (χ2n) is 5.02. The molecule has 0 aliphatic heterocycles. The van der Waals surface area contributed by atoms with Crippen molar-refractivity contribution in [3.8, 4) is 0 Å². The van der Waals surface area contributed by atoms with Crippen LogP contribution in [0.3, 0.4) is 0 Å². The van der Waals surface area contributed by atoms with Crippen LogP contribution in [0.25, 0.3) is 0 Å². The molecule has 1 fully saturated rings. The highest BCUT2D eigenvalue weighted by Gasteiger charge is 2.46. The van der Waals surface area contributed by atoms with E-state index in [0.29, 0.717) is 5.78 Å². The Kier molecular flexibility index (Phi) is 9.35. The molecule has 2 rings (SSSR count). The van der Waals surface area contributed by atoms with E-state index in [9.17, 15) is 4.79 Å². The van der Waals surface area contributed by atoms with Crippen molar-refractivity contribution in [2.24, 2.45) is 5.92 Å². The number of aromatic nitrogens is 1. The van der Waals surface area contributed by atoms with Gasteiger partial charge in [0.1, 0.15) is 5.54 Å². The fourth-order valence-electron chi connectivity index (χ4n) is 2.80. The van der Waals surface area contributed by atoms with Crippen molar-refractivity contribution < 1.29 is 24.0 Å². The Morgan fingerprint density at radius 2 is 1.45 bits per heavy atom. The molecular weight excluding hydrogens is 286 g/mol. The molecule has 0 amide bonds. The average molecular weight is 307 g/mol. The predicted molar refractivity (Wildman–Crippen MR) is 75.4 cm³/mol. The van der Waals surface area contributed by atoms with Gasteiger partial charge in [-0.25, -0.2) is 0 Å². The molecule has 0 saturated heterocycles. The molecule has 6 nitrogen and oxygen atoms in total. The summed E-state index contributed by atoms with van der Waals surface area (Å²) in [6, 6.07) is 4.03. The largest absolute Gasteiger partial charge is 0.373 e. The van der Waals surface area contributed by atoms with Crippen molar-refractivity contribution in [2.75, 3.05) is 0 Å². The van der Waals surface area contributed by atoms with Crippen LogP contribution in [0.4, 0.5) is 0 Å². The molecule has 0 atom stereocenters. The molecule has 1 aromatic rings. The van der Waals surface area contributed by atoms with Crippen LogP contribution in [0.1, 0.15) is 46.0 Å². The van der Waals surface area contributed by atoms with E-state index >= 15 is 0 Å². The van der Waals surface area contributed by atoms with E-state index in [1.807, 2.05) is 24.5 Å². The van der Waals surface area contributed by atoms with Gasteiger partial charge in [0.25, 0.3) is 0 Å². The maximum Gasteiger partial charge on any atom is 0.373 e. The summed E-state index contributed by atoms with van der Waals surface area (Å²) < 4.78 is 2.14. The Labute approximate surface area is 129 Å². The predicted octanol–water partition coefficient (Wildman–Crippen LogP) is 2.21. The van der Waals surface area contributed by atoms with Gasteiger partial charge in [0.05, 0.1) is 0 Å². The van der Waals surface area contributed by atoms with E-state index in [0.717, 1.165) is 25.7 Å². The molecule has 0 unspecified atom stereocenters. The molecule has 0 aromatic carbocycles. The number of rotatable bonds is 5. The van der Waals surface area contributed by atoms with Crippen LogP contribution in [0.5, 0.6) is 0 Å². The number of Topliss-reactive ketones (excluding diaryl/α,β-unsaturated/α-hetero) is 1. The molecule has 0 spiro atoms. The van der Waals surface area contributed by atoms with Gasteiger partial charge in [0.2, 0.25) is 0 Å². The standard InChI is InChI=1S/C14H21NO.2CO2/c1-3-12(4-2)13(16)14(8-7-9-14)15-10-5-6-11-15;2*2-1-3/h5-6,10-12H,3-4,7-9H2,1-2H3;;. The van der Waals surface area contributed by atoms with Crippen LogP contribution < -0.4 is 0 Å². The smallest absolute Gasteiger partial charge is 0.341 e. The van der Waals surface area contributed by atoms with E-state index in [1.54, 1.807) is 0 Å². The van der Waals surface area contributed by atoms with Crippen molar-refractivity contribution in [1.82, 2.24) is 4.57 Å². The summed E-state index contributed by atoms with van der Waals surface area (Å²) >= 11 is 0. The van der Waals surface area contributed by atoms with Gasteiger partial charge < -0.3 is 4.57 Å². The minimum atomic E-state index is -0.194. The van der Waals surface area contributed by atoms with Crippen LogP contribution in [-0.2, 0) is 29.5 Å². The van der Waals surface area contributed by atoms with E-state index < -0.39 is 0 Å². The lowest BCUT2D eigenvalue weighted by Gasteiger charge is -2.43. The molecule has 120 valence electrons. The molecule has 1 aliphatic carbocycles. The van der Waals surface area contributed by atoms with Crippen molar-refractivity contribution in [3.05, 3.63) is 24.5 Å². The third-order valence-corrected chi connectivity index (χ3v) is 4.09. The maximum atomic E-state index is 12.6. The van der Waals surface area contributed by atoms with Gasteiger partial charge in [-0.2, -0.15) is 19.2 Å².